The maximum Gasteiger partial charge on any atom is 0.179 e. The second-order valence-corrected chi connectivity index (χ2v) is 8.37. The molecular weight excluding hydrogens is 304 g/mol. The topological polar surface area (TPSA) is 63.4 Å². The molecule has 0 aromatic heterocycles. The summed E-state index contributed by atoms with van der Waals surface area (Å²) in [5.74, 6) is 1.24. The molecule has 0 aliphatic rings. The molecule has 1 aromatic carbocycles. The average Bonchev–Trinajstić information content (AvgIpc) is 2.50. The van der Waals surface area contributed by atoms with Crippen LogP contribution in [0.2, 0.25) is 0 Å². The van der Waals surface area contributed by atoms with E-state index in [1.54, 1.807) is 24.3 Å². The average molecular weight is 331 g/mol. The summed E-state index contributed by atoms with van der Waals surface area (Å²) < 4.78 is 24.6. The molecule has 0 fully saturated rings. The van der Waals surface area contributed by atoms with Gasteiger partial charge >= 0.3 is 0 Å². The Labute approximate surface area is 133 Å². The summed E-state index contributed by atoms with van der Waals surface area (Å²) in [6.45, 7) is 3.12. The van der Waals surface area contributed by atoms with Crippen molar-refractivity contribution in [3.63, 3.8) is 0 Å². The number of nitrogens with zero attached hydrogens (tertiary/aromatic N) is 1. The SMILES string of the molecule is CSCCC(C)N(C)CCS(=O)(=O)c1ccc(CN)cc1. The number of hydrogen-bond acceptors (Lipinski definition) is 5. The van der Waals surface area contributed by atoms with E-state index >= 15 is 0 Å². The molecule has 6 heteroatoms. The monoisotopic (exact) mass is 330 g/mol. The van der Waals surface area contributed by atoms with Crippen molar-refractivity contribution < 1.29 is 8.42 Å². The summed E-state index contributed by atoms with van der Waals surface area (Å²) in [5.41, 5.74) is 6.46. The molecule has 1 unspecified atom stereocenters. The van der Waals surface area contributed by atoms with Crippen molar-refractivity contribution in [2.75, 3.05) is 31.4 Å². The molecule has 1 atom stereocenters. The Morgan fingerprint density at radius 1 is 1.29 bits per heavy atom. The van der Waals surface area contributed by atoms with Gasteiger partial charge in [0.1, 0.15) is 0 Å². The van der Waals surface area contributed by atoms with Crippen LogP contribution in [0.3, 0.4) is 0 Å². The van der Waals surface area contributed by atoms with Crippen LogP contribution < -0.4 is 5.73 Å². The molecule has 120 valence electrons. The van der Waals surface area contributed by atoms with Gasteiger partial charge in [-0.2, -0.15) is 11.8 Å². The van der Waals surface area contributed by atoms with E-state index in [2.05, 4.69) is 18.1 Å². The van der Waals surface area contributed by atoms with Crippen molar-refractivity contribution in [3.05, 3.63) is 29.8 Å². The van der Waals surface area contributed by atoms with Gasteiger partial charge in [0.05, 0.1) is 10.6 Å². The van der Waals surface area contributed by atoms with Gasteiger partial charge in [0.15, 0.2) is 9.84 Å². The summed E-state index contributed by atoms with van der Waals surface area (Å²) in [5, 5.41) is 0. The van der Waals surface area contributed by atoms with Gasteiger partial charge in [-0.1, -0.05) is 12.1 Å². The lowest BCUT2D eigenvalue weighted by molar-refractivity contribution is 0.267. The Bertz CT molecular complexity index is 515. The van der Waals surface area contributed by atoms with Gasteiger partial charge in [0.2, 0.25) is 0 Å². The summed E-state index contributed by atoms with van der Waals surface area (Å²) in [7, 11) is -1.24. The number of benzene rings is 1. The van der Waals surface area contributed by atoms with E-state index < -0.39 is 9.84 Å². The fourth-order valence-corrected chi connectivity index (χ4v) is 3.84. The summed E-state index contributed by atoms with van der Waals surface area (Å²) in [6, 6.07) is 7.24. The third kappa shape index (κ3) is 5.98. The Morgan fingerprint density at radius 3 is 2.43 bits per heavy atom. The van der Waals surface area contributed by atoms with Gasteiger partial charge in [-0.15, -0.1) is 0 Å². The first-order chi connectivity index (χ1) is 9.90. The van der Waals surface area contributed by atoms with Crippen LogP contribution >= 0.6 is 11.8 Å². The van der Waals surface area contributed by atoms with Crippen LogP contribution in [0.5, 0.6) is 0 Å². The largest absolute Gasteiger partial charge is 0.326 e. The first kappa shape index (κ1) is 18.5. The lowest BCUT2D eigenvalue weighted by atomic mass is 10.2. The maximum atomic E-state index is 12.3. The fraction of sp³-hybridized carbons (Fsp3) is 0.600. The molecule has 21 heavy (non-hydrogen) atoms. The standard InChI is InChI=1S/C15H26N2O2S2/c1-13(8-10-20-3)17(2)9-11-21(18,19)15-6-4-14(12-16)5-7-15/h4-7,13H,8-12,16H2,1-3H3. The molecular formula is C15H26N2O2S2. The quantitative estimate of drug-likeness (QED) is 0.750. The lowest BCUT2D eigenvalue weighted by Gasteiger charge is -2.24. The highest BCUT2D eigenvalue weighted by Crippen LogP contribution is 2.13. The van der Waals surface area contributed by atoms with E-state index in [1.165, 1.54) is 0 Å². The van der Waals surface area contributed by atoms with Crippen LogP contribution in [0.15, 0.2) is 29.2 Å². The Morgan fingerprint density at radius 2 is 1.90 bits per heavy atom. The number of thioether (sulfide) groups is 1. The zero-order valence-electron chi connectivity index (χ0n) is 13.1. The van der Waals surface area contributed by atoms with Gasteiger partial charge in [0.25, 0.3) is 0 Å². The Hall–Kier alpha value is -0.560. The van der Waals surface area contributed by atoms with Crippen molar-refractivity contribution >= 4 is 21.6 Å². The van der Waals surface area contributed by atoms with E-state index in [9.17, 15) is 8.42 Å². The minimum absolute atomic E-state index is 0.148. The zero-order valence-corrected chi connectivity index (χ0v) is 14.7. The molecule has 1 aromatic rings. The molecule has 0 aliphatic carbocycles. The molecule has 2 N–H and O–H groups in total. The number of hydrogen-bond donors (Lipinski definition) is 1. The molecule has 0 radical (unpaired) electrons. The molecule has 1 rings (SSSR count). The van der Waals surface area contributed by atoms with Crippen molar-refractivity contribution in [1.29, 1.82) is 0 Å². The van der Waals surface area contributed by atoms with Crippen molar-refractivity contribution in [2.24, 2.45) is 5.73 Å². The summed E-state index contributed by atoms with van der Waals surface area (Å²) in [4.78, 5) is 2.49. The van der Waals surface area contributed by atoms with E-state index in [0.29, 0.717) is 24.0 Å². The first-order valence-corrected chi connectivity index (χ1v) is 10.2. The van der Waals surface area contributed by atoms with Gasteiger partial charge < -0.3 is 10.6 Å². The van der Waals surface area contributed by atoms with Crippen LogP contribution in [0.25, 0.3) is 0 Å². The highest BCUT2D eigenvalue weighted by molar-refractivity contribution is 7.98. The summed E-state index contributed by atoms with van der Waals surface area (Å²) in [6.07, 6.45) is 3.16. The van der Waals surface area contributed by atoms with Gasteiger partial charge in [-0.05, 0) is 50.1 Å². The molecule has 4 nitrogen and oxygen atoms in total. The molecule has 0 aliphatic heterocycles. The molecule has 0 saturated carbocycles. The highest BCUT2D eigenvalue weighted by atomic mass is 32.2. The number of sulfone groups is 1. The van der Waals surface area contributed by atoms with E-state index in [0.717, 1.165) is 17.7 Å². The van der Waals surface area contributed by atoms with Crippen LogP contribution in [0.4, 0.5) is 0 Å². The second-order valence-electron chi connectivity index (χ2n) is 5.28. The van der Waals surface area contributed by atoms with Gasteiger partial charge in [0, 0.05) is 19.1 Å². The lowest BCUT2D eigenvalue weighted by Crippen LogP contribution is -2.33. The smallest absolute Gasteiger partial charge is 0.179 e. The van der Waals surface area contributed by atoms with Crippen LogP contribution in [0.1, 0.15) is 18.9 Å². The zero-order chi connectivity index (χ0) is 15.9. The first-order valence-electron chi connectivity index (χ1n) is 7.11. The second kappa shape index (κ2) is 8.78. The molecule has 0 amide bonds. The van der Waals surface area contributed by atoms with Crippen LogP contribution in [-0.4, -0.2) is 50.7 Å². The number of rotatable bonds is 9. The minimum Gasteiger partial charge on any atom is -0.326 e. The third-order valence-electron chi connectivity index (χ3n) is 3.72. The summed E-state index contributed by atoms with van der Waals surface area (Å²) >= 11 is 1.82. The molecule has 0 heterocycles. The van der Waals surface area contributed by atoms with E-state index in [-0.39, 0.29) is 5.75 Å². The maximum absolute atomic E-state index is 12.3. The third-order valence-corrected chi connectivity index (χ3v) is 6.08. The molecule has 0 bridgehead atoms. The minimum atomic E-state index is -3.22. The van der Waals surface area contributed by atoms with E-state index in [4.69, 9.17) is 5.73 Å². The predicted octanol–water partition coefficient (Wildman–Crippen LogP) is 1.99. The van der Waals surface area contributed by atoms with Gasteiger partial charge in [-0.3, -0.25) is 0 Å². The van der Waals surface area contributed by atoms with Crippen molar-refractivity contribution in [2.45, 2.75) is 30.8 Å². The van der Waals surface area contributed by atoms with Gasteiger partial charge in [-0.25, -0.2) is 8.42 Å². The van der Waals surface area contributed by atoms with E-state index in [1.807, 2.05) is 18.8 Å². The van der Waals surface area contributed by atoms with Crippen molar-refractivity contribution in [1.82, 2.24) is 4.90 Å². The molecule has 0 saturated heterocycles. The normalized spacial score (nSPS) is 13.6. The fourth-order valence-electron chi connectivity index (χ4n) is 1.94. The molecule has 0 spiro atoms. The van der Waals surface area contributed by atoms with Crippen molar-refractivity contribution in [3.8, 4) is 0 Å². The predicted molar refractivity (Wildman–Crippen MR) is 91.5 cm³/mol. The Balaban J connectivity index is 2.59. The highest BCUT2D eigenvalue weighted by Gasteiger charge is 2.17. The van der Waals surface area contributed by atoms with Crippen LogP contribution in [0, 0.1) is 0 Å². The van der Waals surface area contributed by atoms with Crippen LogP contribution in [-0.2, 0) is 16.4 Å². The number of nitrogens with two attached hydrogens (primary N) is 1. The Kier molecular flexibility index (Phi) is 7.73.